The third kappa shape index (κ3) is 2.73. The molecular formula is C10H11N5O3. The van der Waals surface area contributed by atoms with E-state index in [1.165, 1.54) is 18.6 Å². The minimum atomic E-state index is -1.09. The minimum absolute atomic E-state index is 0.0283. The van der Waals surface area contributed by atoms with E-state index in [9.17, 15) is 4.79 Å². The molecule has 0 aliphatic carbocycles. The number of nitrogen functional groups attached to an aromatic ring is 1. The number of nitrogens with zero attached hydrogens (tertiary/aromatic N) is 3. The van der Waals surface area contributed by atoms with Crippen LogP contribution in [-0.2, 0) is 6.42 Å². The van der Waals surface area contributed by atoms with Gasteiger partial charge in [-0.05, 0) is 6.07 Å². The summed E-state index contributed by atoms with van der Waals surface area (Å²) in [5.41, 5.74) is 5.81. The number of carbonyl (C=O) groups is 1. The Labute approximate surface area is 102 Å². The lowest BCUT2D eigenvalue weighted by molar-refractivity contribution is 0.0697. The summed E-state index contributed by atoms with van der Waals surface area (Å²) >= 11 is 0. The van der Waals surface area contributed by atoms with Crippen molar-refractivity contribution in [3.05, 3.63) is 30.0 Å². The Morgan fingerprint density at radius 3 is 3.00 bits per heavy atom. The van der Waals surface area contributed by atoms with Crippen LogP contribution in [0.5, 0.6) is 0 Å². The molecule has 0 spiro atoms. The topological polar surface area (TPSA) is 127 Å². The number of hydrogen-bond acceptors (Lipinski definition) is 7. The van der Waals surface area contributed by atoms with E-state index in [0.29, 0.717) is 24.5 Å². The second-order valence-corrected chi connectivity index (χ2v) is 3.48. The zero-order valence-corrected chi connectivity index (χ0v) is 9.33. The molecule has 0 saturated carbocycles. The molecule has 0 aromatic carbocycles. The highest BCUT2D eigenvalue weighted by Crippen LogP contribution is 2.15. The zero-order valence-electron chi connectivity index (χ0n) is 9.33. The van der Waals surface area contributed by atoms with Crippen LogP contribution in [0.2, 0.25) is 0 Å². The summed E-state index contributed by atoms with van der Waals surface area (Å²) in [5.74, 6) is -0.360. The van der Waals surface area contributed by atoms with E-state index in [0.717, 1.165) is 0 Å². The van der Waals surface area contributed by atoms with Gasteiger partial charge >= 0.3 is 5.97 Å². The highest BCUT2D eigenvalue weighted by molar-refractivity contribution is 5.94. The molecule has 0 unspecified atom stereocenters. The predicted octanol–water partition coefficient (Wildman–Crippen LogP) is 0.400. The van der Waals surface area contributed by atoms with Gasteiger partial charge in [0.1, 0.15) is 11.4 Å². The number of aromatic nitrogens is 3. The average molecular weight is 249 g/mol. The summed E-state index contributed by atoms with van der Waals surface area (Å²) in [4.78, 5) is 18.8. The van der Waals surface area contributed by atoms with Crippen molar-refractivity contribution in [3.8, 4) is 0 Å². The number of rotatable bonds is 5. The molecule has 8 heteroatoms. The summed E-state index contributed by atoms with van der Waals surface area (Å²) in [6.45, 7) is 0.430. The molecule has 0 radical (unpaired) electrons. The molecule has 2 rings (SSSR count). The van der Waals surface area contributed by atoms with Crippen molar-refractivity contribution in [1.82, 2.24) is 15.1 Å². The van der Waals surface area contributed by atoms with Gasteiger partial charge < -0.3 is 20.7 Å². The summed E-state index contributed by atoms with van der Waals surface area (Å²) in [5, 5.41) is 15.3. The lowest BCUT2D eigenvalue weighted by Crippen LogP contribution is -2.11. The maximum absolute atomic E-state index is 11.0. The van der Waals surface area contributed by atoms with Crippen LogP contribution < -0.4 is 11.1 Å². The number of hydrogen-bond donors (Lipinski definition) is 3. The van der Waals surface area contributed by atoms with Crippen LogP contribution >= 0.6 is 0 Å². The Hall–Kier alpha value is -2.64. The van der Waals surface area contributed by atoms with Gasteiger partial charge in [-0.3, -0.25) is 0 Å². The van der Waals surface area contributed by atoms with E-state index in [4.69, 9.17) is 15.4 Å². The van der Waals surface area contributed by atoms with Gasteiger partial charge in [0.15, 0.2) is 6.33 Å². The normalized spacial score (nSPS) is 10.2. The minimum Gasteiger partial charge on any atom is -0.478 e. The highest BCUT2D eigenvalue weighted by Gasteiger charge is 2.11. The number of pyridine rings is 1. The van der Waals surface area contributed by atoms with Gasteiger partial charge in [0, 0.05) is 13.0 Å². The summed E-state index contributed by atoms with van der Waals surface area (Å²) in [6, 6.07) is 1.35. The van der Waals surface area contributed by atoms with Gasteiger partial charge in [0.2, 0.25) is 5.89 Å². The van der Waals surface area contributed by atoms with Crippen LogP contribution in [0.4, 0.5) is 11.5 Å². The molecule has 2 aromatic heterocycles. The molecular weight excluding hydrogens is 238 g/mol. The molecule has 0 fully saturated rings. The number of nitrogens with one attached hydrogen (secondary N) is 1. The van der Waals surface area contributed by atoms with Gasteiger partial charge in [-0.1, -0.05) is 5.16 Å². The van der Waals surface area contributed by atoms with Crippen molar-refractivity contribution >= 4 is 17.5 Å². The summed E-state index contributed by atoms with van der Waals surface area (Å²) < 4.78 is 4.81. The van der Waals surface area contributed by atoms with Crippen LogP contribution in [-0.4, -0.2) is 32.7 Å². The molecule has 94 valence electrons. The number of carboxylic acids is 1. The molecule has 2 heterocycles. The third-order valence-corrected chi connectivity index (χ3v) is 2.18. The first-order valence-corrected chi connectivity index (χ1v) is 5.15. The number of aromatic carboxylic acids is 1. The number of nitrogens with two attached hydrogens (primary N) is 1. The first-order valence-electron chi connectivity index (χ1n) is 5.15. The summed E-state index contributed by atoms with van der Waals surface area (Å²) in [7, 11) is 0. The van der Waals surface area contributed by atoms with Crippen molar-refractivity contribution in [2.24, 2.45) is 0 Å². The van der Waals surface area contributed by atoms with Gasteiger partial charge in [0.25, 0.3) is 0 Å². The lowest BCUT2D eigenvalue weighted by atomic mass is 10.2. The lowest BCUT2D eigenvalue weighted by Gasteiger charge is -2.07. The Balaban J connectivity index is 2.02. The molecule has 0 amide bonds. The predicted molar refractivity (Wildman–Crippen MR) is 62.1 cm³/mol. The maximum atomic E-state index is 11.0. The maximum Gasteiger partial charge on any atom is 0.339 e. The SMILES string of the molecule is Nc1cnc(NCCc2ncno2)c(C(=O)O)c1. The second kappa shape index (κ2) is 5.13. The van der Waals surface area contributed by atoms with Gasteiger partial charge in [-0.15, -0.1) is 0 Å². The fourth-order valence-corrected chi connectivity index (χ4v) is 1.38. The Morgan fingerprint density at radius 2 is 2.33 bits per heavy atom. The second-order valence-electron chi connectivity index (χ2n) is 3.48. The number of carboxylic acid groups (broad SMARTS) is 1. The van der Waals surface area contributed by atoms with E-state index in [1.807, 2.05) is 0 Å². The Kier molecular flexibility index (Phi) is 3.37. The molecule has 0 aliphatic heterocycles. The first kappa shape index (κ1) is 11.8. The smallest absolute Gasteiger partial charge is 0.339 e. The van der Waals surface area contributed by atoms with Crippen LogP contribution in [0.15, 0.2) is 23.1 Å². The van der Waals surface area contributed by atoms with Crippen LogP contribution in [0.3, 0.4) is 0 Å². The molecule has 0 atom stereocenters. The van der Waals surface area contributed by atoms with Crippen LogP contribution in [0.1, 0.15) is 16.2 Å². The highest BCUT2D eigenvalue weighted by atomic mass is 16.5. The van der Waals surface area contributed by atoms with Gasteiger partial charge in [0.05, 0.1) is 11.9 Å². The van der Waals surface area contributed by atoms with E-state index in [1.54, 1.807) is 0 Å². The Bertz CT molecular complexity index is 540. The van der Waals surface area contributed by atoms with E-state index in [2.05, 4.69) is 20.4 Å². The fourth-order valence-electron chi connectivity index (χ4n) is 1.38. The third-order valence-electron chi connectivity index (χ3n) is 2.18. The van der Waals surface area contributed by atoms with Crippen LogP contribution in [0, 0.1) is 0 Å². The quantitative estimate of drug-likeness (QED) is 0.694. The standard InChI is InChI=1S/C10H11N5O3/c11-6-3-7(10(16)17)9(13-4-6)12-2-1-8-14-5-15-18-8/h3-5H,1-2,11H2,(H,12,13)(H,16,17). The summed E-state index contributed by atoms with van der Waals surface area (Å²) in [6.07, 6.45) is 3.17. The van der Waals surface area contributed by atoms with Crippen molar-refractivity contribution in [1.29, 1.82) is 0 Å². The molecule has 0 saturated heterocycles. The van der Waals surface area contributed by atoms with E-state index in [-0.39, 0.29) is 11.4 Å². The molecule has 8 nitrogen and oxygen atoms in total. The van der Waals surface area contributed by atoms with Crippen molar-refractivity contribution in [2.75, 3.05) is 17.6 Å². The van der Waals surface area contributed by atoms with Gasteiger partial charge in [-0.2, -0.15) is 4.98 Å². The molecule has 0 bridgehead atoms. The molecule has 2 aromatic rings. The Morgan fingerprint density at radius 1 is 1.50 bits per heavy atom. The van der Waals surface area contributed by atoms with Crippen molar-refractivity contribution in [3.63, 3.8) is 0 Å². The van der Waals surface area contributed by atoms with Crippen molar-refractivity contribution in [2.45, 2.75) is 6.42 Å². The first-order chi connectivity index (χ1) is 8.66. The molecule has 18 heavy (non-hydrogen) atoms. The van der Waals surface area contributed by atoms with Gasteiger partial charge in [-0.25, -0.2) is 9.78 Å². The average Bonchev–Trinajstić information content (AvgIpc) is 2.84. The number of anilines is 2. The monoisotopic (exact) mass is 249 g/mol. The van der Waals surface area contributed by atoms with Crippen molar-refractivity contribution < 1.29 is 14.4 Å². The zero-order chi connectivity index (χ0) is 13.0. The molecule has 4 N–H and O–H groups in total. The van der Waals surface area contributed by atoms with E-state index < -0.39 is 5.97 Å². The van der Waals surface area contributed by atoms with E-state index >= 15 is 0 Å². The largest absolute Gasteiger partial charge is 0.478 e. The molecule has 0 aliphatic rings. The van der Waals surface area contributed by atoms with Crippen LogP contribution in [0.25, 0.3) is 0 Å². The fraction of sp³-hybridized carbons (Fsp3) is 0.200.